The zero-order valence-electron chi connectivity index (χ0n) is 9.86. The van der Waals surface area contributed by atoms with Crippen molar-refractivity contribution in [2.75, 3.05) is 31.2 Å². The highest BCUT2D eigenvalue weighted by Gasteiger charge is 2.17. The zero-order valence-corrected chi connectivity index (χ0v) is 9.86. The molecule has 0 aromatic heterocycles. The Labute approximate surface area is 101 Å². The van der Waals surface area contributed by atoms with Crippen LogP contribution in [0.2, 0.25) is 0 Å². The number of anilines is 1. The van der Waals surface area contributed by atoms with Gasteiger partial charge >= 0.3 is 0 Å². The summed E-state index contributed by atoms with van der Waals surface area (Å²) in [5, 5.41) is 8.72. The highest BCUT2D eigenvalue weighted by atomic mass is 19.1. The first-order chi connectivity index (χ1) is 8.31. The van der Waals surface area contributed by atoms with E-state index >= 15 is 0 Å². The van der Waals surface area contributed by atoms with Gasteiger partial charge in [0.1, 0.15) is 18.2 Å². The summed E-state index contributed by atoms with van der Waals surface area (Å²) < 4.78 is 18.5. The Kier molecular flexibility index (Phi) is 4.20. The van der Waals surface area contributed by atoms with Gasteiger partial charge in [0.2, 0.25) is 0 Å². The Balaban J connectivity index is 1.97. The van der Waals surface area contributed by atoms with E-state index in [0.717, 1.165) is 38.0 Å². The fourth-order valence-corrected chi connectivity index (χ4v) is 2.07. The molecule has 0 spiro atoms. The molecule has 1 aliphatic rings. The van der Waals surface area contributed by atoms with Gasteiger partial charge in [-0.1, -0.05) is 0 Å². The van der Waals surface area contributed by atoms with Gasteiger partial charge in [-0.15, -0.1) is 0 Å². The zero-order chi connectivity index (χ0) is 12.1. The topological polar surface area (TPSA) is 32.7 Å². The van der Waals surface area contributed by atoms with Crippen LogP contribution in [0.4, 0.5) is 10.1 Å². The molecule has 0 unspecified atom stereocenters. The summed E-state index contributed by atoms with van der Waals surface area (Å²) in [6, 6.07) is 4.68. The van der Waals surface area contributed by atoms with Gasteiger partial charge in [0.15, 0.2) is 0 Å². The van der Waals surface area contributed by atoms with Crippen molar-refractivity contribution in [3.63, 3.8) is 0 Å². The van der Waals surface area contributed by atoms with Crippen LogP contribution in [-0.4, -0.2) is 31.4 Å². The molecule has 1 N–H and O–H groups in total. The molecule has 2 rings (SSSR count). The quantitative estimate of drug-likeness (QED) is 0.799. The molecule has 0 amide bonds. The van der Waals surface area contributed by atoms with Crippen molar-refractivity contribution in [1.82, 2.24) is 0 Å². The number of halogens is 1. The largest absolute Gasteiger partial charge is 0.489 e. The van der Waals surface area contributed by atoms with E-state index in [1.54, 1.807) is 6.07 Å². The summed E-state index contributed by atoms with van der Waals surface area (Å²) in [6.45, 7) is 2.64. The van der Waals surface area contributed by atoms with Gasteiger partial charge in [-0.25, -0.2) is 4.39 Å². The maximum Gasteiger partial charge on any atom is 0.145 e. The third-order valence-electron chi connectivity index (χ3n) is 2.97. The second kappa shape index (κ2) is 5.87. The summed E-state index contributed by atoms with van der Waals surface area (Å²) in [4.78, 5) is 2.22. The average Bonchev–Trinajstić information content (AvgIpc) is 2.34. The standard InChI is InChI=1S/C13H18FNO2/c14-11-4-5-12-13(10-11)17-9-7-15(12)6-2-1-3-8-16/h4-5,10,16H,1-3,6-9H2. The number of unbranched alkanes of at least 4 members (excludes halogenated alkanes) is 2. The van der Waals surface area contributed by atoms with Crippen LogP contribution in [0.5, 0.6) is 5.75 Å². The predicted molar refractivity (Wildman–Crippen MR) is 65.0 cm³/mol. The summed E-state index contributed by atoms with van der Waals surface area (Å²) in [5.74, 6) is 0.379. The van der Waals surface area contributed by atoms with Gasteiger partial charge in [0.05, 0.1) is 12.2 Å². The molecular weight excluding hydrogens is 221 g/mol. The lowest BCUT2D eigenvalue weighted by atomic mass is 10.2. The van der Waals surface area contributed by atoms with Crippen LogP contribution in [0.1, 0.15) is 19.3 Å². The van der Waals surface area contributed by atoms with Gasteiger partial charge in [0.25, 0.3) is 0 Å². The number of nitrogens with zero attached hydrogens (tertiary/aromatic N) is 1. The fourth-order valence-electron chi connectivity index (χ4n) is 2.07. The van der Waals surface area contributed by atoms with E-state index < -0.39 is 0 Å². The molecule has 94 valence electrons. The van der Waals surface area contributed by atoms with E-state index in [4.69, 9.17) is 9.84 Å². The molecule has 0 fully saturated rings. The molecule has 17 heavy (non-hydrogen) atoms. The highest BCUT2D eigenvalue weighted by Crippen LogP contribution is 2.32. The molecule has 0 saturated heterocycles. The Hall–Kier alpha value is -1.29. The van der Waals surface area contributed by atoms with Gasteiger partial charge in [-0.2, -0.15) is 0 Å². The summed E-state index contributed by atoms with van der Waals surface area (Å²) in [6.07, 6.45) is 2.91. The Morgan fingerprint density at radius 3 is 3.00 bits per heavy atom. The molecule has 1 aromatic carbocycles. The lowest BCUT2D eigenvalue weighted by molar-refractivity contribution is 0.281. The molecule has 1 aliphatic heterocycles. The van der Waals surface area contributed by atoms with Crippen LogP contribution in [0.15, 0.2) is 18.2 Å². The Morgan fingerprint density at radius 2 is 2.18 bits per heavy atom. The van der Waals surface area contributed by atoms with Crippen molar-refractivity contribution in [1.29, 1.82) is 0 Å². The molecule has 0 bridgehead atoms. The van der Waals surface area contributed by atoms with E-state index in [9.17, 15) is 4.39 Å². The van der Waals surface area contributed by atoms with Crippen LogP contribution >= 0.6 is 0 Å². The van der Waals surface area contributed by atoms with Crippen LogP contribution in [0, 0.1) is 5.82 Å². The number of fused-ring (bicyclic) bond motifs is 1. The number of aliphatic hydroxyl groups is 1. The first-order valence-corrected chi connectivity index (χ1v) is 6.09. The summed E-state index contributed by atoms with van der Waals surface area (Å²) in [7, 11) is 0. The van der Waals surface area contributed by atoms with E-state index in [0.29, 0.717) is 12.4 Å². The van der Waals surface area contributed by atoms with Crippen molar-refractivity contribution in [2.45, 2.75) is 19.3 Å². The number of hydrogen-bond acceptors (Lipinski definition) is 3. The van der Waals surface area contributed by atoms with Crippen molar-refractivity contribution >= 4 is 5.69 Å². The van der Waals surface area contributed by atoms with Crippen LogP contribution in [0.3, 0.4) is 0 Å². The molecule has 0 aliphatic carbocycles. The Bertz CT molecular complexity index is 370. The van der Waals surface area contributed by atoms with Gasteiger partial charge in [-0.3, -0.25) is 0 Å². The van der Waals surface area contributed by atoms with E-state index in [1.807, 2.05) is 0 Å². The van der Waals surface area contributed by atoms with Crippen LogP contribution in [-0.2, 0) is 0 Å². The number of aliphatic hydroxyl groups excluding tert-OH is 1. The number of rotatable bonds is 5. The fraction of sp³-hybridized carbons (Fsp3) is 0.538. The molecule has 4 heteroatoms. The molecular formula is C13H18FNO2. The normalized spacial score (nSPS) is 14.4. The third-order valence-corrected chi connectivity index (χ3v) is 2.97. The minimum absolute atomic E-state index is 0.255. The van der Waals surface area contributed by atoms with E-state index in [1.165, 1.54) is 12.1 Å². The second-order valence-electron chi connectivity index (χ2n) is 4.23. The molecule has 3 nitrogen and oxygen atoms in total. The number of ether oxygens (including phenoxy) is 1. The molecule has 0 radical (unpaired) electrons. The maximum atomic E-state index is 13.0. The average molecular weight is 239 g/mol. The van der Waals surface area contributed by atoms with Crippen LogP contribution < -0.4 is 9.64 Å². The second-order valence-corrected chi connectivity index (χ2v) is 4.23. The summed E-state index contributed by atoms with van der Waals surface area (Å²) >= 11 is 0. The first-order valence-electron chi connectivity index (χ1n) is 6.09. The smallest absolute Gasteiger partial charge is 0.145 e. The van der Waals surface area contributed by atoms with Gasteiger partial charge < -0.3 is 14.7 Å². The number of benzene rings is 1. The first kappa shape index (κ1) is 12.2. The minimum atomic E-state index is -0.258. The molecule has 1 aromatic rings. The molecule has 1 heterocycles. The molecule has 0 saturated carbocycles. The van der Waals surface area contributed by atoms with Crippen molar-refractivity contribution < 1.29 is 14.2 Å². The number of hydrogen-bond donors (Lipinski definition) is 1. The van der Waals surface area contributed by atoms with Gasteiger partial charge in [0, 0.05) is 19.2 Å². The van der Waals surface area contributed by atoms with Crippen LogP contribution in [0.25, 0.3) is 0 Å². The van der Waals surface area contributed by atoms with Crippen molar-refractivity contribution in [3.8, 4) is 5.75 Å². The molecule has 0 atom stereocenters. The Morgan fingerprint density at radius 1 is 1.29 bits per heavy atom. The van der Waals surface area contributed by atoms with Gasteiger partial charge in [-0.05, 0) is 31.4 Å². The van der Waals surface area contributed by atoms with Crippen molar-refractivity contribution in [3.05, 3.63) is 24.0 Å². The minimum Gasteiger partial charge on any atom is -0.489 e. The SMILES string of the molecule is OCCCCCN1CCOc2cc(F)ccc21. The van der Waals surface area contributed by atoms with E-state index in [-0.39, 0.29) is 12.4 Å². The maximum absolute atomic E-state index is 13.0. The van der Waals surface area contributed by atoms with Crippen molar-refractivity contribution in [2.24, 2.45) is 0 Å². The highest BCUT2D eigenvalue weighted by molar-refractivity contribution is 5.59. The predicted octanol–water partition coefficient (Wildman–Crippen LogP) is 2.19. The third kappa shape index (κ3) is 3.09. The van der Waals surface area contributed by atoms with E-state index in [2.05, 4.69) is 4.90 Å². The lowest BCUT2D eigenvalue weighted by Gasteiger charge is -2.31. The lowest BCUT2D eigenvalue weighted by Crippen LogP contribution is -2.33. The summed E-state index contributed by atoms with van der Waals surface area (Å²) in [5.41, 5.74) is 0.974. The monoisotopic (exact) mass is 239 g/mol.